The van der Waals surface area contributed by atoms with E-state index in [9.17, 15) is 0 Å². The summed E-state index contributed by atoms with van der Waals surface area (Å²) in [5, 5.41) is 6.74. The lowest BCUT2D eigenvalue weighted by Gasteiger charge is -2.46. The third kappa shape index (κ3) is 7.21. The van der Waals surface area contributed by atoms with Gasteiger partial charge in [-0.1, -0.05) is 25.5 Å². The fourth-order valence-corrected chi connectivity index (χ4v) is 6.16. The maximum atomic E-state index is 5.36. The molecule has 220 valence electrons. The number of nitrogens with zero attached hydrogens (tertiary/aromatic N) is 5. The molecule has 40 heavy (non-hydrogen) atoms. The number of fused-ring (bicyclic) bond motifs is 1. The lowest BCUT2D eigenvalue weighted by Crippen LogP contribution is -2.52. The van der Waals surface area contributed by atoms with Crippen molar-refractivity contribution in [2.24, 2.45) is 7.05 Å². The zero-order valence-corrected chi connectivity index (χ0v) is 25.8. The van der Waals surface area contributed by atoms with Gasteiger partial charge < -0.3 is 19.9 Å². The van der Waals surface area contributed by atoms with Crippen LogP contribution in [-0.4, -0.2) is 83.8 Å². The van der Waals surface area contributed by atoms with Gasteiger partial charge in [0, 0.05) is 70.0 Å². The fourth-order valence-electron chi connectivity index (χ4n) is 6.16. The molecular weight excluding hydrogens is 498 g/mol. The molecule has 0 spiro atoms. The van der Waals surface area contributed by atoms with E-state index in [1.807, 2.05) is 6.20 Å². The van der Waals surface area contributed by atoms with Crippen molar-refractivity contribution < 1.29 is 4.74 Å². The summed E-state index contributed by atoms with van der Waals surface area (Å²) >= 11 is 0. The van der Waals surface area contributed by atoms with Gasteiger partial charge in [-0.25, -0.2) is 9.97 Å². The van der Waals surface area contributed by atoms with Gasteiger partial charge in [0.2, 0.25) is 0 Å². The van der Waals surface area contributed by atoms with Crippen molar-refractivity contribution in [2.75, 3.05) is 47.4 Å². The Morgan fingerprint density at radius 2 is 1.75 bits per heavy atom. The second-order valence-corrected chi connectivity index (χ2v) is 11.9. The van der Waals surface area contributed by atoms with Crippen molar-refractivity contribution in [3.8, 4) is 5.75 Å². The summed E-state index contributed by atoms with van der Waals surface area (Å²) in [6.45, 7) is 11.9. The second-order valence-electron chi connectivity index (χ2n) is 11.9. The number of methoxy groups -OCH3 is 1. The molecule has 0 saturated carbocycles. The molecule has 3 aromatic rings. The van der Waals surface area contributed by atoms with Crippen LogP contribution in [0.2, 0.25) is 0 Å². The van der Waals surface area contributed by atoms with Crippen LogP contribution in [-0.2, 0) is 25.6 Å². The van der Waals surface area contributed by atoms with E-state index in [4.69, 9.17) is 14.7 Å². The number of imidazole rings is 1. The zero-order chi connectivity index (χ0) is 28.7. The van der Waals surface area contributed by atoms with E-state index in [0.717, 1.165) is 74.7 Å². The van der Waals surface area contributed by atoms with Gasteiger partial charge >= 0.3 is 0 Å². The number of aromatic nitrogens is 3. The molecule has 4 heterocycles. The Kier molecular flexibility index (Phi) is 10.6. The van der Waals surface area contributed by atoms with Crippen LogP contribution in [0.25, 0.3) is 11.2 Å². The molecule has 0 radical (unpaired) electrons. The summed E-state index contributed by atoms with van der Waals surface area (Å²) in [5.74, 6) is 2.05. The SMILES string of the molecule is CC1CNCC(C)N1.CCCCc1nc2cc(CN3CCC(c4ccc(OC)cc4)(N(C)C)CC3)cnc2n1C. The number of piperazine rings is 1. The molecule has 2 aromatic heterocycles. The molecule has 5 rings (SSSR count). The monoisotopic (exact) mass is 549 g/mol. The first-order chi connectivity index (χ1) is 19.3. The quantitative estimate of drug-likeness (QED) is 0.434. The van der Waals surface area contributed by atoms with Gasteiger partial charge in [0.05, 0.1) is 7.11 Å². The average molecular weight is 550 g/mol. The molecule has 0 bridgehead atoms. The highest BCUT2D eigenvalue weighted by Gasteiger charge is 2.38. The predicted molar refractivity (Wildman–Crippen MR) is 165 cm³/mol. The number of piperidine rings is 1. The Balaban J connectivity index is 0.000000398. The number of benzene rings is 1. The lowest BCUT2D eigenvalue weighted by molar-refractivity contribution is 0.0507. The van der Waals surface area contributed by atoms with E-state index >= 15 is 0 Å². The van der Waals surface area contributed by atoms with Crippen molar-refractivity contribution in [2.45, 2.75) is 77.0 Å². The summed E-state index contributed by atoms with van der Waals surface area (Å²) in [7, 11) is 8.21. The van der Waals surface area contributed by atoms with E-state index in [-0.39, 0.29) is 5.54 Å². The summed E-state index contributed by atoms with van der Waals surface area (Å²) in [6.07, 6.45) is 7.61. The van der Waals surface area contributed by atoms with Crippen LogP contribution < -0.4 is 15.4 Å². The van der Waals surface area contributed by atoms with Gasteiger partial charge in [0.15, 0.2) is 5.65 Å². The number of unbranched alkanes of at least 4 members (excludes halogenated alkanes) is 1. The van der Waals surface area contributed by atoms with E-state index in [1.165, 1.54) is 24.0 Å². The van der Waals surface area contributed by atoms with Crippen molar-refractivity contribution in [3.05, 3.63) is 53.5 Å². The summed E-state index contributed by atoms with van der Waals surface area (Å²) in [6, 6.07) is 12.1. The smallest absolute Gasteiger partial charge is 0.159 e. The molecule has 2 saturated heterocycles. The third-order valence-electron chi connectivity index (χ3n) is 8.66. The van der Waals surface area contributed by atoms with Gasteiger partial charge in [-0.3, -0.25) is 9.80 Å². The molecule has 2 aliphatic heterocycles. The Morgan fingerprint density at radius 1 is 1.07 bits per heavy atom. The van der Waals surface area contributed by atoms with Crippen molar-refractivity contribution in [1.29, 1.82) is 0 Å². The van der Waals surface area contributed by atoms with Gasteiger partial charge in [0.25, 0.3) is 0 Å². The van der Waals surface area contributed by atoms with Crippen molar-refractivity contribution in [3.63, 3.8) is 0 Å². The first-order valence-electron chi connectivity index (χ1n) is 15.1. The molecule has 2 aliphatic rings. The van der Waals surface area contributed by atoms with Crippen molar-refractivity contribution >= 4 is 11.2 Å². The van der Waals surface area contributed by atoms with Gasteiger partial charge in [-0.15, -0.1) is 0 Å². The Hall–Kier alpha value is -2.52. The van der Waals surface area contributed by atoms with E-state index in [0.29, 0.717) is 12.1 Å². The average Bonchev–Trinajstić information content (AvgIpc) is 3.27. The van der Waals surface area contributed by atoms with Gasteiger partial charge in [-0.05, 0) is 76.5 Å². The molecule has 8 heteroatoms. The van der Waals surface area contributed by atoms with Crippen LogP contribution in [0.5, 0.6) is 5.75 Å². The topological polar surface area (TPSA) is 70.5 Å². The number of aryl methyl sites for hydroxylation is 2. The number of ether oxygens (including phenoxy) is 1. The molecule has 1 aromatic carbocycles. The van der Waals surface area contributed by atoms with E-state index < -0.39 is 0 Å². The minimum Gasteiger partial charge on any atom is -0.497 e. The molecule has 2 fully saturated rings. The van der Waals surface area contributed by atoms with E-state index in [2.05, 4.69) is 97.2 Å². The first kappa shape index (κ1) is 30.4. The molecule has 8 nitrogen and oxygen atoms in total. The van der Waals surface area contributed by atoms with E-state index in [1.54, 1.807) is 7.11 Å². The standard InChI is InChI=1S/C26H37N5O.C6H14N2/c1-6-7-8-24-28-23-17-20(18-27-25(23)30(24)4)19-31-15-13-26(14-16-31,29(2)3)21-9-11-22(32-5)12-10-21;1-5-3-7-4-6(2)8-5/h9-12,17-18H,6-8,13-16,19H2,1-5H3;5-8H,3-4H2,1-2H3. The minimum atomic E-state index is 0.0696. The van der Waals surface area contributed by atoms with Crippen LogP contribution >= 0.6 is 0 Å². The van der Waals surface area contributed by atoms with Crippen LogP contribution in [0.4, 0.5) is 0 Å². The normalized spacial score (nSPS) is 21.3. The number of pyridine rings is 1. The highest BCUT2D eigenvalue weighted by molar-refractivity contribution is 5.72. The van der Waals surface area contributed by atoms with Gasteiger partial charge in [0.1, 0.15) is 17.1 Å². The van der Waals surface area contributed by atoms with Crippen LogP contribution in [0.1, 0.15) is 63.4 Å². The van der Waals surface area contributed by atoms with Crippen molar-refractivity contribution in [1.82, 2.24) is 35.0 Å². The summed E-state index contributed by atoms with van der Waals surface area (Å²) in [5.41, 5.74) is 4.71. The van der Waals surface area contributed by atoms with Crippen LogP contribution in [0, 0.1) is 0 Å². The second kappa shape index (κ2) is 13.9. The highest BCUT2D eigenvalue weighted by atomic mass is 16.5. The zero-order valence-electron chi connectivity index (χ0n) is 25.8. The molecule has 2 N–H and O–H groups in total. The highest BCUT2D eigenvalue weighted by Crippen LogP contribution is 2.38. The number of likely N-dealkylation sites (tertiary alicyclic amines) is 1. The number of hydrogen-bond donors (Lipinski definition) is 2. The Morgan fingerprint density at radius 3 is 2.30 bits per heavy atom. The number of hydrogen-bond acceptors (Lipinski definition) is 7. The first-order valence-corrected chi connectivity index (χ1v) is 15.1. The fraction of sp³-hybridized carbons (Fsp3) is 0.625. The predicted octanol–water partition coefficient (Wildman–Crippen LogP) is 4.33. The summed E-state index contributed by atoms with van der Waals surface area (Å²) in [4.78, 5) is 14.6. The largest absolute Gasteiger partial charge is 0.497 e. The maximum Gasteiger partial charge on any atom is 0.159 e. The number of nitrogens with one attached hydrogen (secondary N) is 2. The molecule has 0 amide bonds. The Bertz CT molecular complexity index is 1190. The third-order valence-corrected chi connectivity index (χ3v) is 8.66. The molecule has 0 aliphatic carbocycles. The molecule has 2 atom stereocenters. The van der Waals surface area contributed by atoms with Crippen LogP contribution in [0.15, 0.2) is 36.5 Å². The molecule has 2 unspecified atom stereocenters. The summed E-state index contributed by atoms with van der Waals surface area (Å²) < 4.78 is 7.51. The lowest BCUT2D eigenvalue weighted by atomic mass is 9.79. The minimum absolute atomic E-state index is 0.0696. The van der Waals surface area contributed by atoms with Gasteiger partial charge in [-0.2, -0.15) is 0 Å². The molecular formula is C32H51N7O. The Labute approximate surface area is 241 Å². The number of rotatable bonds is 8. The maximum absolute atomic E-state index is 5.36. The van der Waals surface area contributed by atoms with Crippen LogP contribution in [0.3, 0.4) is 0 Å².